The van der Waals surface area contributed by atoms with E-state index in [9.17, 15) is 9.59 Å². The van der Waals surface area contributed by atoms with Gasteiger partial charge in [-0.15, -0.1) is 0 Å². The summed E-state index contributed by atoms with van der Waals surface area (Å²) in [5, 5.41) is 11.5. The number of nitrogens with zero attached hydrogens (tertiary/aromatic N) is 4. The first-order valence-electron chi connectivity index (χ1n) is 8.21. The third kappa shape index (κ3) is 6.34. The maximum atomic E-state index is 12.0. The van der Waals surface area contributed by atoms with Gasteiger partial charge in [-0.05, 0) is 46.6 Å². The second-order valence-corrected chi connectivity index (χ2v) is 6.25. The van der Waals surface area contributed by atoms with Gasteiger partial charge >= 0.3 is 5.97 Å². The molecule has 9 heteroatoms. The summed E-state index contributed by atoms with van der Waals surface area (Å²) < 4.78 is 3.05. The molecule has 0 fully saturated rings. The highest BCUT2D eigenvalue weighted by molar-refractivity contribution is 6.02. The average Bonchev–Trinajstić information content (AvgIpc) is 3.07. The van der Waals surface area contributed by atoms with Gasteiger partial charge in [0, 0.05) is 26.5 Å². The summed E-state index contributed by atoms with van der Waals surface area (Å²) in [7, 11) is 7.43. The first-order valence-corrected chi connectivity index (χ1v) is 8.21. The Balaban J connectivity index is 0.000000412. The van der Waals surface area contributed by atoms with Crippen molar-refractivity contribution in [1.29, 1.82) is 0 Å². The van der Waals surface area contributed by atoms with Crippen LogP contribution in [0, 0.1) is 6.92 Å². The van der Waals surface area contributed by atoms with Crippen LogP contribution in [0.25, 0.3) is 0 Å². The highest BCUT2D eigenvalue weighted by Gasteiger charge is 2.15. The second kappa shape index (κ2) is 9.73. The van der Waals surface area contributed by atoms with Crippen LogP contribution in [-0.2, 0) is 14.1 Å². The zero-order chi connectivity index (χ0) is 19.9. The lowest BCUT2D eigenvalue weighted by Gasteiger charge is -2.05. The molecule has 9 nitrogen and oxygen atoms in total. The fourth-order valence-electron chi connectivity index (χ4n) is 2.27. The van der Waals surface area contributed by atoms with Crippen LogP contribution < -0.4 is 11.1 Å². The molecule has 2 heterocycles. The molecular formula is C17H28N6O3. The Morgan fingerprint density at radius 3 is 2.31 bits per heavy atom. The summed E-state index contributed by atoms with van der Waals surface area (Å²) in [5.41, 5.74) is 6.52. The fraction of sp³-hybridized carbons (Fsp3) is 0.471. The van der Waals surface area contributed by atoms with E-state index in [4.69, 9.17) is 10.8 Å². The van der Waals surface area contributed by atoms with Gasteiger partial charge in [0.25, 0.3) is 5.91 Å². The number of nitrogens with one attached hydrogen (secondary N) is 1. The number of hydrogen-bond acceptors (Lipinski definition) is 5. The van der Waals surface area contributed by atoms with Crippen LogP contribution in [0.1, 0.15) is 33.2 Å². The first-order chi connectivity index (χ1) is 12.1. The molecule has 0 aliphatic heterocycles. The van der Waals surface area contributed by atoms with Gasteiger partial charge in [-0.1, -0.05) is 0 Å². The number of aromatic nitrogens is 3. The van der Waals surface area contributed by atoms with Crippen molar-refractivity contribution in [3.8, 4) is 0 Å². The van der Waals surface area contributed by atoms with Crippen molar-refractivity contribution in [1.82, 2.24) is 19.0 Å². The van der Waals surface area contributed by atoms with Gasteiger partial charge in [0.15, 0.2) is 5.82 Å². The summed E-state index contributed by atoms with van der Waals surface area (Å²) in [6.45, 7) is 3.70. The lowest BCUT2D eigenvalue weighted by molar-refractivity contribution is 0.0686. The predicted octanol–water partition coefficient (Wildman–Crippen LogP) is 0.914. The number of aryl methyl sites for hydroxylation is 3. The maximum Gasteiger partial charge on any atom is 0.352 e. The van der Waals surface area contributed by atoms with Gasteiger partial charge in [-0.25, -0.2) is 9.78 Å². The van der Waals surface area contributed by atoms with Crippen LogP contribution in [0.2, 0.25) is 0 Å². The molecule has 0 saturated carbocycles. The van der Waals surface area contributed by atoms with E-state index in [0.717, 1.165) is 25.2 Å². The molecule has 0 radical (unpaired) electrons. The minimum atomic E-state index is -1.05. The van der Waals surface area contributed by atoms with Crippen molar-refractivity contribution in [2.24, 2.45) is 19.8 Å². The molecule has 0 bridgehead atoms. The van der Waals surface area contributed by atoms with E-state index >= 15 is 0 Å². The summed E-state index contributed by atoms with van der Waals surface area (Å²) in [5.74, 6) is -1.15. The number of carbonyl (C=O) groups excluding carboxylic acids is 1. The van der Waals surface area contributed by atoms with Crippen molar-refractivity contribution in [2.45, 2.75) is 13.3 Å². The summed E-state index contributed by atoms with van der Waals surface area (Å²) in [4.78, 5) is 29.1. The van der Waals surface area contributed by atoms with Gasteiger partial charge in [-0.3, -0.25) is 4.79 Å². The molecule has 2 aromatic rings. The van der Waals surface area contributed by atoms with Crippen LogP contribution in [0.5, 0.6) is 0 Å². The number of amides is 1. The number of imidazole rings is 1. The van der Waals surface area contributed by atoms with Crippen LogP contribution >= 0.6 is 0 Å². The number of carboxylic acids is 1. The van der Waals surface area contributed by atoms with Crippen molar-refractivity contribution >= 4 is 17.6 Å². The molecular weight excluding hydrogens is 336 g/mol. The third-order valence-corrected chi connectivity index (χ3v) is 3.49. The first kappa shape index (κ1) is 21.4. The van der Waals surface area contributed by atoms with Gasteiger partial charge in [0.2, 0.25) is 0 Å². The third-order valence-electron chi connectivity index (χ3n) is 3.49. The van der Waals surface area contributed by atoms with Crippen LogP contribution in [0.3, 0.4) is 0 Å². The molecule has 0 atom stereocenters. The number of carboxylic acid groups (broad SMARTS) is 1. The van der Waals surface area contributed by atoms with Crippen molar-refractivity contribution in [3.63, 3.8) is 0 Å². The number of aromatic carboxylic acids is 1. The number of anilines is 1. The highest BCUT2D eigenvalue weighted by atomic mass is 16.4. The summed E-state index contributed by atoms with van der Waals surface area (Å²) in [6.07, 6.45) is 4.38. The lowest BCUT2D eigenvalue weighted by Crippen LogP contribution is -2.16. The van der Waals surface area contributed by atoms with E-state index in [0.29, 0.717) is 5.69 Å². The van der Waals surface area contributed by atoms with E-state index in [-0.39, 0.29) is 17.4 Å². The summed E-state index contributed by atoms with van der Waals surface area (Å²) >= 11 is 0. The molecule has 0 spiro atoms. The lowest BCUT2D eigenvalue weighted by atomic mass is 10.4. The standard InChI is InChI=1S/C12H14N4O3.C5H14N2/c1-7-5-16(3)10(13-7)11(17)14-8-4-9(12(18)19)15(2)6-8;1-7(2)5-3-4-6/h4-6H,1-3H3,(H,14,17)(H,18,19);3-6H2,1-2H3. The zero-order valence-corrected chi connectivity index (χ0v) is 16.0. The Hall–Kier alpha value is -2.65. The molecule has 144 valence electrons. The fourth-order valence-corrected chi connectivity index (χ4v) is 2.27. The molecule has 0 saturated heterocycles. The molecule has 0 unspecified atom stereocenters. The van der Waals surface area contributed by atoms with E-state index in [2.05, 4.69) is 29.3 Å². The molecule has 2 rings (SSSR count). The van der Waals surface area contributed by atoms with E-state index in [1.54, 1.807) is 31.8 Å². The normalized spacial score (nSPS) is 10.4. The van der Waals surface area contributed by atoms with Gasteiger partial charge in [-0.2, -0.15) is 0 Å². The minimum absolute atomic E-state index is 0.103. The zero-order valence-electron chi connectivity index (χ0n) is 16.0. The molecule has 0 aromatic carbocycles. The van der Waals surface area contributed by atoms with Crippen molar-refractivity contribution in [3.05, 3.63) is 35.7 Å². The van der Waals surface area contributed by atoms with Gasteiger partial charge in [0.05, 0.1) is 11.4 Å². The number of hydrogen-bond donors (Lipinski definition) is 3. The molecule has 2 aromatic heterocycles. The Morgan fingerprint density at radius 1 is 1.27 bits per heavy atom. The average molecular weight is 364 g/mol. The quantitative estimate of drug-likeness (QED) is 0.701. The van der Waals surface area contributed by atoms with E-state index < -0.39 is 5.97 Å². The molecule has 0 aliphatic carbocycles. The monoisotopic (exact) mass is 364 g/mol. The van der Waals surface area contributed by atoms with Gasteiger partial charge < -0.3 is 30.2 Å². The highest BCUT2D eigenvalue weighted by Crippen LogP contribution is 2.14. The van der Waals surface area contributed by atoms with Crippen LogP contribution in [-0.4, -0.2) is 63.2 Å². The van der Waals surface area contributed by atoms with E-state index in [1.165, 1.54) is 16.8 Å². The number of carbonyl (C=O) groups is 2. The minimum Gasteiger partial charge on any atom is -0.477 e. The molecule has 0 aliphatic rings. The Bertz CT molecular complexity index is 748. The number of rotatable bonds is 6. The Labute approximate surface area is 153 Å². The smallest absolute Gasteiger partial charge is 0.352 e. The summed E-state index contributed by atoms with van der Waals surface area (Å²) in [6, 6.07) is 1.40. The Morgan fingerprint density at radius 2 is 1.92 bits per heavy atom. The maximum absolute atomic E-state index is 12.0. The molecule has 4 N–H and O–H groups in total. The predicted molar refractivity (Wildman–Crippen MR) is 100 cm³/mol. The largest absolute Gasteiger partial charge is 0.477 e. The van der Waals surface area contributed by atoms with Crippen molar-refractivity contribution < 1.29 is 14.7 Å². The molecule has 26 heavy (non-hydrogen) atoms. The van der Waals surface area contributed by atoms with Crippen molar-refractivity contribution in [2.75, 3.05) is 32.5 Å². The molecule has 1 amide bonds. The van der Waals surface area contributed by atoms with Crippen LogP contribution in [0.4, 0.5) is 5.69 Å². The SMILES string of the molecule is CN(C)CCCN.Cc1cn(C)c(C(=O)Nc2cc(C(=O)O)n(C)c2)n1. The van der Waals surface area contributed by atoms with Gasteiger partial charge in [0.1, 0.15) is 5.69 Å². The number of nitrogens with two attached hydrogens (primary N) is 1. The second-order valence-electron chi connectivity index (χ2n) is 6.25. The van der Waals surface area contributed by atoms with Crippen LogP contribution in [0.15, 0.2) is 18.5 Å². The topological polar surface area (TPSA) is 118 Å². The van der Waals surface area contributed by atoms with E-state index in [1.807, 2.05) is 0 Å². The Kier molecular flexibility index (Phi) is 8.01.